The minimum absolute atomic E-state index is 0.114. The molecule has 0 spiro atoms. The fourth-order valence-electron chi connectivity index (χ4n) is 5.02. The predicted molar refractivity (Wildman–Crippen MR) is 147 cm³/mol. The van der Waals surface area contributed by atoms with Crippen LogP contribution in [0.2, 0.25) is 0 Å². The van der Waals surface area contributed by atoms with Gasteiger partial charge in [0.05, 0.1) is 11.6 Å². The number of ether oxygens (including phenoxy) is 1. The number of carbonyl (C=O) groups is 1. The molecule has 0 bridgehead atoms. The van der Waals surface area contributed by atoms with E-state index in [0.717, 1.165) is 52.0 Å². The van der Waals surface area contributed by atoms with Crippen LogP contribution in [0.1, 0.15) is 57.7 Å². The average molecular weight is 480 g/mol. The summed E-state index contributed by atoms with van der Waals surface area (Å²) in [5.74, 6) is -0.0857. The maximum absolute atomic E-state index is 11.3. The first-order chi connectivity index (χ1) is 17.3. The van der Waals surface area contributed by atoms with Crippen LogP contribution in [0.25, 0.3) is 33.8 Å². The molecule has 0 unspecified atom stereocenters. The summed E-state index contributed by atoms with van der Waals surface area (Å²) < 4.78 is 8.24. The van der Waals surface area contributed by atoms with Crippen molar-refractivity contribution in [2.24, 2.45) is 0 Å². The van der Waals surface area contributed by atoms with Crippen LogP contribution >= 0.6 is 0 Å². The van der Waals surface area contributed by atoms with Crippen molar-refractivity contribution < 1.29 is 14.6 Å². The zero-order valence-corrected chi connectivity index (χ0v) is 21.2. The molecular weight excluding hydrogens is 446 g/mol. The minimum Gasteiger partial charge on any atom is -0.490 e. The summed E-state index contributed by atoms with van der Waals surface area (Å²) in [6, 6.07) is 25.3. The lowest BCUT2D eigenvalue weighted by Gasteiger charge is -2.19. The van der Waals surface area contributed by atoms with E-state index in [0.29, 0.717) is 6.10 Å². The van der Waals surface area contributed by atoms with E-state index in [-0.39, 0.29) is 5.41 Å². The number of aliphatic carboxylic acids is 1. The second kappa shape index (κ2) is 9.69. The lowest BCUT2D eigenvalue weighted by atomic mass is 9.86. The Morgan fingerprint density at radius 1 is 0.917 bits per heavy atom. The first-order valence-corrected chi connectivity index (χ1v) is 12.7. The van der Waals surface area contributed by atoms with Gasteiger partial charge in [0.25, 0.3) is 0 Å². The molecule has 0 saturated heterocycles. The van der Waals surface area contributed by atoms with E-state index in [1.165, 1.54) is 24.5 Å². The molecular formula is C32H33NO3. The molecule has 1 aromatic heterocycles. The number of aromatic nitrogens is 1. The van der Waals surface area contributed by atoms with Gasteiger partial charge in [-0.1, -0.05) is 51.1 Å². The smallest absolute Gasteiger partial charge is 0.328 e. The molecule has 1 aliphatic rings. The Hall–Kier alpha value is -3.79. The van der Waals surface area contributed by atoms with E-state index in [1.54, 1.807) is 6.08 Å². The highest BCUT2D eigenvalue weighted by molar-refractivity contribution is 5.92. The van der Waals surface area contributed by atoms with Gasteiger partial charge in [-0.3, -0.25) is 0 Å². The van der Waals surface area contributed by atoms with E-state index in [4.69, 9.17) is 4.74 Å². The topological polar surface area (TPSA) is 51.5 Å². The summed E-state index contributed by atoms with van der Waals surface area (Å²) in [4.78, 5) is 11.3. The molecule has 0 atom stereocenters. The van der Waals surface area contributed by atoms with E-state index in [2.05, 4.69) is 67.8 Å². The molecule has 0 radical (unpaired) electrons. The first kappa shape index (κ1) is 23.9. The molecule has 4 aromatic rings. The standard InChI is InChI=1S/C32H33NO3/c1-32(2,3)25-11-8-22(9-12-25)23-10-18-30-24(20-23)21-27(15-19-31(34)35)33(30)26-13-16-29(17-14-26)36-28-6-4-5-7-28/h8-21,28H,4-7H2,1-3H3,(H,34,35)/b19-15+. The number of hydrogen-bond acceptors (Lipinski definition) is 2. The van der Waals surface area contributed by atoms with Crippen molar-refractivity contribution in [1.29, 1.82) is 0 Å². The highest BCUT2D eigenvalue weighted by Crippen LogP contribution is 2.32. The van der Waals surface area contributed by atoms with Crippen LogP contribution in [0.3, 0.4) is 0 Å². The lowest BCUT2D eigenvalue weighted by Crippen LogP contribution is -2.10. The number of carboxylic acids is 1. The van der Waals surface area contributed by atoms with Gasteiger partial charge in [-0.25, -0.2) is 4.79 Å². The summed E-state index contributed by atoms with van der Waals surface area (Å²) >= 11 is 0. The lowest BCUT2D eigenvalue weighted by molar-refractivity contribution is -0.131. The molecule has 1 fully saturated rings. The average Bonchev–Trinajstić information content (AvgIpc) is 3.50. The zero-order chi connectivity index (χ0) is 25.3. The maximum atomic E-state index is 11.3. The Kier molecular flexibility index (Phi) is 6.44. The maximum Gasteiger partial charge on any atom is 0.328 e. The van der Waals surface area contributed by atoms with Crippen LogP contribution in [-0.4, -0.2) is 21.7 Å². The molecule has 0 aliphatic heterocycles. The van der Waals surface area contributed by atoms with Gasteiger partial charge in [-0.05, 0) is 96.3 Å². The van der Waals surface area contributed by atoms with E-state index >= 15 is 0 Å². The van der Waals surface area contributed by atoms with Crippen molar-refractivity contribution >= 4 is 22.9 Å². The van der Waals surface area contributed by atoms with Crippen molar-refractivity contribution in [2.75, 3.05) is 0 Å². The van der Waals surface area contributed by atoms with Crippen molar-refractivity contribution in [3.8, 4) is 22.6 Å². The monoisotopic (exact) mass is 479 g/mol. The summed E-state index contributed by atoms with van der Waals surface area (Å²) in [7, 11) is 0. The third-order valence-corrected chi connectivity index (χ3v) is 7.01. The molecule has 0 amide bonds. The third-order valence-electron chi connectivity index (χ3n) is 7.01. The number of nitrogens with zero attached hydrogens (tertiary/aromatic N) is 1. The van der Waals surface area contributed by atoms with Crippen molar-refractivity contribution in [1.82, 2.24) is 4.57 Å². The molecule has 1 heterocycles. The second-order valence-electron chi connectivity index (χ2n) is 10.7. The summed E-state index contributed by atoms with van der Waals surface area (Å²) in [6.45, 7) is 6.66. The molecule has 5 rings (SSSR count). The van der Waals surface area contributed by atoms with Crippen LogP contribution in [0.4, 0.5) is 0 Å². The Balaban J connectivity index is 1.52. The predicted octanol–water partition coefficient (Wildman–Crippen LogP) is 8.01. The van der Waals surface area contributed by atoms with Gasteiger partial charge >= 0.3 is 5.97 Å². The molecule has 4 heteroatoms. The van der Waals surface area contributed by atoms with Crippen LogP contribution in [-0.2, 0) is 10.2 Å². The Labute approximate surface area is 212 Å². The summed E-state index contributed by atoms with van der Waals surface area (Å²) in [5, 5.41) is 10.3. The zero-order valence-electron chi connectivity index (χ0n) is 21.2. The SMILES string of the molecule is CC(C)(C)c1ccc(-c2ccc3c(c2)cc(/C=C/C(=O)O)n3-c2ccc(OC3CCCC3)cc2)cc1. The highest BCUT2D eigenvalue weighted by Gasteiger charge is 2.17. The van der Waals surface area contributed by atoms with Gasteiger partial charge in [0, 0.05) is 22.8 Å². The minimum atomic E-state index is -0.966. The fourth-order valence-corrected chi connectivity index (χ4v) is 5.02. The fraction of sp³-hybridized carbons (Fsp3) is 0.281. The number of carboxylic acid groups (broad SMARTS) is 1. The molecule has 1 N–H and O–H groups in total. The number of fused-ring (bicyclic) bond motifs is 1. The number of hydrogen-bond donors (Lipinski definition) is 1. The van der Waals surface area contributed by atoms with Gasteiger partial charge < -0.3 is 14.4 Å². The Morgan fingerprint density at radius 2 is 1.58 bits per heavy atom. The van der Waals surface area contributed by atoms with E-state index in [9.17, 15) is 9.90 Å². The molecule has 36 heavy (non-hydrogen) atoms. The van der Waals surface area contributed by atoms with Gasteiger partial charge in [-0.15, -0.1) is 0 Å². The molecule has 4 nitrogen and oxygen atoms in total. The molecule has 184 valence electrons. The number of rotatable bonds is 6. The normalized spacial score (nSPS) is 14.6. The molecule has 3 aromatic carbocycles. The van der Waals surface area contributed by atoms with Gasteiger partial charge in [0.1, 0.15) is 5.75 Å². The molecule has 1 aliphatic carbocycles. The van der Waals surface area contributed by atoms with E-state index < -0.39 is 5.97 Å². The van der Waals surface area contributed by atoms with Crippen LogP contribution in [0.15, 0.2) is 78.9 Å². The molecule has 1 saturated carbocycles. The van der Waals surface area contributed by atoms with Crippen molar-refractivity contribution in [2.45, 2.75) is 58.0 Å². The van der Waals surface area contributed by atoms with Crippen molar-refractivity contribution in [3.63, 3.8) is 0 Å². The largest absolute Gasteiger partial charge is 0.490 e. The highest BCUT2D eigenvalue weighted by atomic mass is 16.5. The van der Waals surface area contributed by atoms with Gasteiger partial charge in [0.15, 0.2) is 0 Å². The van der Waals surface area contributed by atoms with Crippen molar-refractivity contribution in [3.05, 3.63) is 90.1 Å². The quantitative estimate of drug-likeness (QED) is 0.285. The Morgan fingerprint density at radius 3 is 2.22 bits per heavy atom. The Bertz CT molecular complexity index is 1400. The van der Waals surface area contributed by atoms with Crippen LogP contribution in [0.5, 0.6) is 5.75 Å². The summed E-state index contributed by atoms with van der Waals surface area (Å²) in [5.41, 5.74) is 6.53. The van der Waals surface area contributed by atoms with E-state index in [1.807, 2.05) is 30.3 Å². The summed E-state index contributed by atoms with van der Waals surface area (Å²) in [6.07, 6.45) is 7.87. The van der Waals surface area contributed by atoms with Crippen LogP contribution in [0, 0.1) is 0 Å². The third kappa shape index (κ3) is 5.08. The first-order valence-electron chi connectivity index (χ1n) is 12.7. The van der Waals surface area contributed by atoms with Gasteiger partial charge in [-0.2, -0.15) is 0 Å². The van der Waals surface area contributed by atoms with Gasteiger partial charge in [0.2, 0.25) is 0 Å². The number of benzene rings is 3. The second-order valence-corrected chi connectivity index (χ2v) is 10.7. The van der Waals surface area contributed by atoms with Crippen LogP contribution < -0.4 is 4.74 Å².